The van der Waals surface area contributed by atoms with Gasteiger partial charge in [-0.15, -0.1) is 0 Å². The number of aryl methyl sites for hydroxylation is 2. The van der Waals surface area contributed by atoms with Gasteiger partial charge in [0.1, 0.15) is 5.82 Å². The number of imidazole rings is 1. The van der Waals surface area contributed by atoms with E-state index in [4.69, 9.17) is 5.73 Å². The predicted octanol–water partition coefficient (Wildman–Crippen LogP) is 2.01. The molecular weight excluding hydrogens is 380 g/mol. The summed E-state index contributed by atoms with van der Waals surface area (Å²) in [4.78, 5) is 37.9. The maximum Gasteiger partial charge on any atom is 0.253 e. The maximum atomic E-state index is 13.3. The van der Waals surface area contributed by atoms with Crippen LogP contribution >= 0.6 is 0 Å². The number of nitrogens with two attached hydrogens (primary N) is 1. The van der Waals surface area contributed by atoms with Gasteiger partial charge in [-0.1, -0.05) is 44.2 Å². The molecule has 1 aromatic heterocycles. The molecule has 0 bridgehead atoms. The number of anilines is 1. The average molecular weight is 404 g/mol. The van der Waals surface area contributed by atoms with Gasteiger partial charge in [-0.25, -0.2) is 4.98 Å². The number of nitrogens with zero attached hydrogens (tertiary/aromatic N) is 2. The maximum absolute atomic E-state index is 13.3. The summed E-state index contributed by atoms with van der Waals surface area (Å²) in [5, 5.41) is 5.89. The fraction of sp³-hybridized carbons (Fsp3) is 0.273. The van der Waals surface area contributed by atoms with E-state index in [2.05, 4.69) is 25.6 Å². The Labute approximate surface area is 174 Å². The molecule has 154 valence electrons. The van der Waals surface area contributed by atoms with Gasteiger partial charge in [0.25, 0.3) is 11.8 Å². The van der Waals surface area contributed by atoms with Gasteiger partial charge in [-0.05, 0) is 36.1 Å². The van der Waals surface area contributed by atoms with Crippen LogP contribution < -0.4 is 16.4 Å². The monoisotopic (exact) mass is 404 g/mol. The molecule has 0 fully saturated rings. The Hall–Kier alpha value is -3.68. The Morgan fingerprint density at radius 2 is 1.80 bits per heavy atom. The van der Waals surface area contributed by atoms with E-state index in [-0.39, 0.29) is 5.82 Å². The molecule has 8 heteroatoms. The van der Waals surface area contributed by atoms with Gasteiger partial charge in [0.05, 0.1) is 17.4 Å². The van der Waals surface area contributed by atoms with Gasteiger partial charge < -0.3 is 21.4 Å². The minimum Gasteiger partial charge on any atom is -0.367 e. The predicted molar refractivity (Wildman–Crippen MR) is 116 cm³/mol. The van der Waals surface area contributed by atoms with Crippen molar-refractivity contribution in [1.82, 2.24) is 15.3 Å². The molecule has 0 spiro atoms. The van der Waals surface area contributed by atoms with Gasteiger partial charge in [0, 0.05) is 5.69 Å². The Morgan fingerprint density at radius 1 is 1.10 bits per heavy atom. The Morgan fingerprint density at radius 3 is 2.43 bits per heavy atom. The van der Waals surface area contributed by atoms with Crippen LogP contribution in [0.15, 0.2) is 47.5 Å². The molecule has 0 saturated carbocycles. The first-order valence-corrected chi connectivity index (χ1v) is 9.97. The highest BCUT2D eigenvalue weighted by Crippen LogP contribution is 2.31. The Kier molecular flexibility index (Phi) is 4.99. The summed E-state index contributed by atoms with van der Waals surface area (Å²) in [6.45, 7) is 4.06. The number of benzene rings is 2. The summed E-state index contributed by atoms with van der Waals surface area (Å²) in [6.07, 6.45) is 2.87. The van der Waals surface area contributed by atoms with Crippen LogP contribution in [0, 0.1) is 0 Å². The molecule has 2 unspecified atom stereocenters. The third kappa shape index (κ3) is 3.01. The van der Waals surface area contributed by atoms with Crippen LogP contribution in [0.2, 0.25) is 0 Å². The van der Waals surface area contributed by atoms with Crippen LogP contribution in [0.25, 0.3) is 11.0 Å². The molecule has 1 aliphatic heterocycles. The van der Waals surface area contributed by atoms with Crippen molar-refractivity contribution < 1.29 is 9.59 Å². The summed E-state index contributed by atoms with van der Waals surface area (Å²) in [5.41, 5.74) is 8.41. The van der Waals surface area contributed by atoms with Gasteiger partial charge >= 0.3 is 0 Å². The largest absolute Gasteiger partial charge is 0.367 e. The van der Waals surface area contributed by atoms with Crippen LogP contribution in [-0.4, -0.2) is 34.2 Å². The van der Waals surface area contributed by atoms with E-state index in [1.165, 1.54) is 6.34 Å². The number of nitrogens with one attached hydrogen (secondary N) is 3. The first kappa shape index (κ1) is 19.6. The number of H-pyrrole nitrogens is 1. The third-order valence-corrected chi connectivity index (χ3v) is 5.57. The van der Waals surface area contributed by atoms with Crippen LogP contribution in [0.5, 0.6) is 0 Å². The van der Waals surface area contributed by atoms with Crippen LogP contribution in [0.1, 0.15) is 30.8 Å². The van der Waals surface area contributed by atoms with Crippen molar-refractivity contribution in [2.75, 3.05) is 5.32 Å². The molecule has 4 rings (SSSR count). The second kappa shape index (κ2) is 7.62. The lowest BCUT2D eigenvalue weighted by atomic mass is 9.88. The lowest BCUT2D eigenvalue weighted by Gasteiger charge is -2.29. The summed E-state index contributed by atoms with van der Waals surface area (Å²) in [5.74, 6) is -0.904. The molecule has 2 amide bonds. The normalized spacial score (nSPS) is 20.3. The SMILES string of the molecule is CCc1cccc(CC)c1NC(=O)C1N=CNC1(C(N)=O)c1nc2ccccc2[nH]1. The molecule has 1 aliphatic rings. The molecule has 0 radical (unpaired) electrons. The van der Waals surface area contributed by atoms with Crippen molar-refractivity contribution in [3.63, 3.8) is 0 Å². The molecule has 3 aromatic rings. The zero-order valence-electron chi connectivity index (χ0n) is 16.9. The van der Waals surface area contributed by atoms with Gasteiger partial charge in [0.2, 0.25) is 5.54 Å². The number of aliphatic imine (C=N–C) groups is 1. The number of hydrogen-bond donors (Lipinski definition) is 4. The van der Waals surface area contributed by atoms with Gasteiger partial charge in [0.15, 0.2) is 6.04 Å². The first-order valence-electron chi connectivity index (χ1n) is 9.97. The summed E-state index contributed by atoms with van der Waals surface area (Å²) in [6, 6.07) is 12.2. The lowest BCUT2D eigenvalue weighted by Crippen LogP contribution is -2.59. The smallest absolute Gasteiger partial charge is 0.253 e. The zero-order chi connectivity index (χ0) is 21.3. The molecule has 30 heavy (non-hydrogen) atoms. The highest BCUT2D eigenvalue weighted by molar-refractivity contribution is 6.05. The number of aromatic amines is 1. The van der Waals surface area contributed by atoms with Gasteiger partial charge in [-0.2, -0.15) is 0 Å². The fourth-order valence-electron chi connectivity index (χ4n) is 3.92. The van der Waals surface area contributed by atoms with E-state index in [0.717, 1.165) is 35.2 Å². The number of aromatic nitrogens is 2. The second-order valence-corrected chi connectivity index (χ2v) is 7.25. The zero-order valence-corrected chi connectivity index (χ0v) is 16.9. The molecular formula is C22H24N6O2. The molecule has 2 aromatic carbocycles. The highest BCUT2D eigenvalue weighted by atomic mass is 16.2. The highest BCUT2D eigenvalue weighted by Gasteiger charge is 2.54. The fourth-order valence-corrected chi connectivity index (χ4v) is 3.92. The van der Waals surface area contributed by atoms with Gasteiger partial charge in [-0.3, -0.25) is 14.6 Å². The molecule has 5 N–H and O–H groups in total. The molecule has 2 heterocycles. The van der Waals surface area contributed by atoms with E-state index in [9.17, 15) is 9.59 Å². The van der Waals surface area contributed by atoms with E-state index in [1.54, 1.807) is 0 Å². The van der Waals surface area contributed by atoms with Crippen LogP contribution in [-0.2, 0) is 28.0 Å². The standard InChI is InChI=1S/C22H24N6O2/c1-3-13-8-7-9-14(4-2)17(13)28-19(29)18-22(20(23)30,25-12-24-18)21-26-15-10-5-6-11-16(15)27-21/h5-12,18H,3-4H2,1-2H3,(H2,23,30)(H,24,25)(H,26,27)(H,28,29). The van der Waals surface area contributed by atoms with Crippen molar-refractivity contribution in [2.24, 2.45) is 10.7 Å². The van der Waals surface area contributed by atoms with E-state index in [1.807, 2.05) is 56.3 Å². The minimum atomic E-state index is -1.60. The number of carbonyl (C=O) groups excluding carboxylic acids is 2. The molecule has 0 aliphatic carbocycles. The van der Waals surface area contributed by atoms with E-state index >= 15 is 0 Å². The Bertz CT molecular complexity index is 1100. The number of carbonyl (C=O) groups is 2. The minimum absolute atomic E-state index is 0.258. The van der Waals surface area contributed by atoms with Crippen molar-refractivity contribution in [3.05, 3.63) is 59.4 Å². The van der Waals surface area contributed by atoms with Crippen molar-refractivity contribution >= 4 is 34.9 Å². The topological polar surface area (TPSA) is 125 Å². The van der Waals surface area contributed by atoms with E-state index < -0.39 is 23.4 Å². The molecule has 0 saturated heterocycles. The van der Waals surface area contributed by atoms with Crippen molar-refractivity contribution in [2.45, 2.75) is 38.3 Å². The lowest BCUT2D eigenvalue weighted by molar-refractivity contribution is -0.129. The summed E-state index contributed by atoms with van der Waals surface area (Å²) >= 11 is 0. The summed E-state index contributed by atoms with van der Waals surface area (Å²) < 4.78 is 0. The van der Waals surface area contributed by atoms with Crippen molar-refractivity contribution in [1.29, 1.82) is 0 Å². The molecule has 8 nitrogen and oxygen atoms in total. The number of primary amides is 1. The van der Waals surface area contributed by atoms with Crippen LogP contribution in [0.3, 0.4) is 0 Å². The number of para-hydroxylation sites is 3. The van der Waals surface area contributed by atoms with Crippen LogP contribution in [0.4, 0.5) is 5.69 Å². The number of amides is 2. The number of rotatable bonds is 6. The Balaban J connectivity index is 1.75. The third-order valence-electron chi connectivity index (χ3n) is 5.57. The number of hydrogen-bond acceptors (Lipinski definition) is 5. The average Bonchev–Trinajstić information content (AvgIpc) is 3.38. The second-order valence-electron chi connectivity index (χ2n) is 7.25. The quantitative estimate of drug-likeness (QED) is 0.501. The number of fused-ring (bicyclic) bond motifs is 1. The van der Waals surface area contributed by atoms with E-state index in [0.29, 0.717) is 5.52 Å². The summed E-state index contributed by atoms with van der Waals surface area (Å²) in [7, 11) is 0. The van der Waals surface area contributed by atoms with Crippen molar-refractivity contribution in [3.8, 4) is 0 Å². The molecule has 2 atom stereocenters. The first-order chi connectivity index (χ1) is 14.5.